The van der Waals surface area contributed by atoms with Crippen molar-refractivity contribution in [1.82, 2.24) is 5.32 Å². The first-order valence-electron chi connectivity index (χ1n) is 7.89. The summed E-state index contributed by atoms with van der Waals surface area (Å²) in [4.78, 5) is 0. The van der Waals surface area contributed by atoms with Crippen molar-refractivity contribution in [1.29, 1.82) is 0 Å². The largest absolute Gasteiger partial charge is 0.330 e. The van der Waals surface area contributed by atoms with Gasteiger partial charge in [0.25, 0.3) is 0 Å². The van der Waals surface area contributed by atoms with E-state index in [9.17, 15) is 0 Å². The lowest BCUT2D eigenvalue weighted by atomic mass is 9.90. The zero-order valence-corrected chi connectivity index (χ0v) is 11.8. The maximum Gasteiger partial charge on any atom is 0.0183 e. The van der Waals surface area contributed by atoms with Crippen LogP contribution in [-0.4, -0.2) is 25.2 Å². The number of hydrogen-bond acceptors (Lipinski definition) is 3. The fraction of sp³-hybridized carbons (Fsp3) is 1.00. The van der Waals surface area contributed by atoms with E-state index in [0.29, 0.717) is 5.54 Å². The van der Waals surface area contributed by atoms with Gasteiger partial charge in [-0.1, -0.05) is 6.42 Å². The second kappa shape index (κ2) is 6.36. The third kappa shape index (κ3) is 4.22. The van der Waals surface area contributed by atoms with Gasteiger partial charge in [-0.05, 0) is 82.8 Å². The second-order valence-electron chi connectivity index (χ2n) is 6.60. The first-order chi connectivity index (χ1) is 8.74. The molecule has 0 bridgehead atoms. The minimum atomic E-state index is 0.513. The van der Waals surface area contributed by atoms with Crippen LogP contribution in [0.4, 0.5) is 0 Å². The molecule has 0 spiro atoms. The lowest BCUT2D eigenvalue weighted by molar-refractivity contribution is 0.347. The zero-order chi connectivity index (χ0) is 12.9. The molecule has 106 valence electrons. The van der Waals surface area contributed by atoms with E-state index < -0.39 is 0 Å². The Hall–Kier alpha value is -0.120. The third-order valence-corrected chi connectivity index (χ3v) is 4.99. The zero-order valence-electron chi connectivity index (χ0n) is 11.8. The molecule has 2 aliphatic rings. The Morgan fingerprint density at radius 2 is 1.50 bits per heavy atom. The fourth-order valence-corrected chi connectivity index (χ4v) is 3.07. The van der Waals surface area contributed by atoms with E-state index in [2.05, 4.69) is 5.32 Å². The number of unbranched alkanes of at least 4 members (excludes halogenated alkanes) is 1. The van der Waals surface area contributed by atoms with Gasteiger partial charge in [0, 0.05) is 5.54 Å². The van der Waals surface area contributed by atoms with Crippen LogP contribution in [0.1, 0.15) is 64.2 Å². The molecule has 2 aliphatic carbocycles. The average molecular weight is 253 g/mol. The fourth-order valence-electron chi connectivity index (χ4n) is 3.07. The summed E-state index contributed by atoms with van der Waals surface area (Å²) in [6.45, 7) is 2.78. The molecule has 3 heteroatoms. The molecule has 0 aliphatic heterocycles. The Labute approximate surface area is 112 Å². The molecule has 0 aromatic rings. The highest BCUT2D eigenvalue weighted by molar-refractivity contribution is 5.04. The summed E-state index contributed by atoms with van der Waals surface area (Å²) in [6.07, 6.45) is 13.6. The van der Waals surface area contributed by atoms with E-state index in [1.807, 2.05) is 0 Å². The van der Waals surface area contributed by atoms with E-state index in [1.165, 1.54) is 57.8 Å². The van der Waals surface area contributed by atoms with Crippen molar-refractivity contribution in [2.24, 2.45) is 16.9 Å². The van der Waals surface area contributed by atoms with E-state index in [-0.39, 0.29) is 0 Å². The summed E-state index contributed by atoms with van der Waals surface area (Å²) in [7, 11) is 0. The van der Waals surface area contributed by atoms with Crippen LogP contribution in [0, 0.1) is 5.41 Å². The molecule has 0 atom stereocenters. The quantitative estimate of drug-likeness (QED) is 0.494. The lowest BCUT2D eigenvalue weighted by Gasteiger charge is -2.21. The highest BCUT2D eigenvalue weighted by atomic mass is 15.0. The molecule has 18 heavy (non-hydrogen) atoms. The van der Waals surface area contributed by atoms with Crippen LogP contribution in [0.5, 0.6) is 0 Å². The molecule has 0 amide bonds. The standard InChI is InChI=1S/C15H31N3/c16-11-2-1-4-14(5-6-14)7-8-15(9-10-15)18-13-3-12-17/h18H,1-13,16-17H2. The van der Waals surface area contributed by atoms with Gasteiger partial charge < -0.3 is 16.8 Å². The lowest BCUT2D eigenvalue weighted by Crippen LogP contribution is -2.33. The van der Waals surface area contributed by atoms with E-state index in [1.54, 1.807) is 0 Å². The van der Waals surface area contributed by atoms with Gasteiger partial charge in [0.15, 0.2) is 0 Å². The van der Waals surface area contributed by atoms with Crippen molar-refractivity contribution >= 4 is 0 Å². The van der Waals surface area contributed by atoms with Crippen LogP contribution in [0.25, 0.3) is 0 Å². The van der Waals surface area contributed by atoms with Crippen molar-refractivity contribution in [3.8, 4) is 0 Å². The van der Waals surface area contributed by atoms with Crippen LogP contribution in [0.15, 0.2) is 0 Å². The van der Waals surface area contributed by atoms with Crippen molar-refractivity contribution in [2.75, 3.05) is 19.6 Å². The Kier molecular flexibility index (Phi) is 5.05. The number of hydrogen-bond donors (Lipinski definition) is 3. The SMILES string of the molecule is NCCCCC1(CCC2(NCCCN)CC2)CC1. The second-order valence-corrected chi connectivity index (χ2v) is 6.60. The Morgan fingerprint density at radius 1 is 0.778 bits per heavy atom. The van der Waals surface area contributed by atoms with Gasteiger partial charge >= 0.3 is 0 Å². The molecular formula is C15H31N3. The van der Waals surface area contributed by atoms with Gasteiger partial charge in [-0.2, -0.15) is 0 Å². The van der Waals surface area contributed by atoms with E-state index in [4.69, 9.17) is 11.5 Å². The predicted molar refractivity (Wildman–Crippen MR) is 77.4 cm³/mol. The molecule has 0 unspecified atom stereocenters. The molecule has 2 rings (SSSR count). The minimum Gasteiger partial charge on any atom is -0.330 e. The van der Waals surface area contributed by atoms with Crippen molar-refractivity contribution in [3.05, 3.63) is 0 Å². The smallest absolute Gasteiger partial charge is 0.0183 e. The number of rotatable bonds is 11. The van der Waals surface area contributed by atoms with Gasteiger partial charge in [0.2, 0.25) is 0 Å². The van der Waals surface area contributed by atoms with Crippen molar-refractivity contribution in [3.63, 3.8) is 0 Å². The first kappa shape index (κ1) is 14.3. The molecule has 3 nitrogen and oxygen atoms in total. The molecule has 0 heterocycles. The molecule has 2 fully saturated rings. The maximum absolute atomic E-state index is 5.58. The van der Waals surface area contributed by atoms with Crippen LogP contribution in [0.2, 0.25) is 0 Å². The van der Waals surface area contributed by atoms with Crippen molar-refractivity contribution in [2.45, 2.75) is 69.7 Å². The molecule has 0 saturated heterocycles. The molecule has 0 aromatic carbocycles. The van der Waals surface area contributed by atoms with Gasteiger partial charge in [-0.15, -0.1) is 0 Å². The van der Waals surface area contributed by atoms with Crippen LogP contribution >= 0.6 is 0 Å². The first-order valence-corrected chi connectivity index (χ1v) is 7.89. The van der Waals surface area contributed by atoms with E-state index in [0.717, 1.165) is 31.5 Å². The van der Waals surface area contributed by atoms with Crippen LogP contribution in [-0.2, 0) is 0 Å². The summed E-state index contributed by atoms with van der Waals surface area (Å²) in [5.74, 6) is 0. The topological polar surface area (TPSA) is 64.1 Å². The summed E-state index contributed by atoms with van der Waals surface area (Å²) >= 11 is 0. The maximum atomic E-state index is 5.58. The highest BCUT2D eigenvalue weighted by Crippen LogP contribution is 2.56. The molecule has 0 aromatic heterocycles. The summed E-state index contributed by atoms with van der Waals surface area (Å²) < 4.78 is 0. The number of nitrogens with two attached hydrogens (primary N) is 2. The summed E-state index contributed by atoms with van der Waals surface area (Å²) in [5, 5.41) is 3.74. The van der Waals surface area contributed by atoms with Gasteiger partial charge in [-0.3, -0.25) is 0 Å². The van der Waals surface area contributed by atoms with Crippen LogP contribution in [0.3, 0.4) is 0 Å². The summed E-state index contributed by atoms with van der Waals surface area (Å²) in [6, 6.07) is 0. The van der Waals surface area contributed by atoms with Gasteiger partial charge in [0.1, 0.15) is 0 Å². The minimum absolute atomic E-state index is 0.513. The van der Waals surface area contributed by atoms with Crippen molar-refractivity contribution < 1.29 is 0 Å². The Bertz CT molecular complexity index is 218. The van der Waals surface area contributed by atoms with Crippen LogP contribution < -0.4 is 16.8 Å². The Morgan fingerprint density at radius 3 is 2.06 bits per heavy atom. The number of nitrogens with one attached hydrogen (secondary N) is 1. The Balaban J connectivity index is 1.62. The van der Waals surface area contributed by atoms with E-state index >= 15 is 0 Å². The average Bonchev–Trinajstić information content (AvgIpc) is 3.25. The van der Waals surface area contributed by atoms with Gasteiger partial charge in [-0.25, -0.2) is 0 Å². The predicted octanol–water partition coefficient (Wildman–Crippen LogP) is 2.15. The summed E-state index contributed by atoms with van der Waals surface area (Å²) in [5.41, 5.74) is 12.4. The molecule has 2 saturated carbocycles. The monoisotopic (exact) mass is 253 g/mol. The van der Waals surface area contributed by atoms with Gasteiger partial charge in [0.05, 0.1) is 0 Å². The molecule has 5 N–H and O–H groups in total. The third-order valence-electron chi connectivity index (χ3n) is 4.99. The normalized spacial score (nSPS) is 23.0. The molecular weight excluding hydrogens is 222 g/mol. The highest BCUT2D eigenvalue weighted by Gasteiger charge is 2.47. The molecule has 0 radical (unpaired) electrons.